The molecule has 2 aromatic heterocycles. The van der Waals surface area contributed by atoms with Gasteiger partial charge >= 0.3 is 12.0 Å². The minimum Gasteiger partial charge on any atom is -0.462 e. The predicted octanol–water partition coefficient (Wildman–Crippen LogP) is 8.79. The molecule has 0 radical (unpaired) electrons. The summed E-state index contributed by atoms with van der Waals surface area (Å²) in [5.41, 5.74) is 5.20. The SMILES string of the molecule is C=C(F)C(=O)N1CCN(c2nc(OC[C@@H]3CCCN3C)nc3c2CCN(c2cccc4cccc(Cl)c24)C3)C[C@@H]1C(C#N)[C@H]1CN(c2nc(OC[C@@H]3CCCN3C)nc3c2CCN(c2cccc4cccc(Cl)c24)C3)CCN1C(=O)C(=C)F. The third-order valence-corrected chi connectivity index (χ3v) is 18.6. The van der Waals surface area contributed by atoms with E-state index in [2.05, 4.69) is 65.1 Å². The van der Waals surface area contributed by atoms with Crippen LogP contribution in [0.3, 0.4) is 0 Å². The largest absolute Gasteiger partial charge is 0.462 e. The van der Waals surface area contributed by atoms with E-state index in [9.17, 15) is 14.9 Å². The van der Waals surface area contributed by atoms with Crippen molar-refractivity contribution in [1.82, 2.24) is 39.5 Å². The van der Waals surface area contributed by atoms with Gasteiger partial charge in [-0.2, -0.15) is 25.2 Å². The Balaban J connectivity index is 0.901. The molecule has 4 atom stereocenters. The zero-order valence-electron chi connectivity index (χ0n) is 46.8. The van der Waals surface area contributed by atoms with Crippen LogP contribution in [-0.2, 0) is 35.5 Å². The molecule has 0 aliphatic carbocycles. The molecule has 17 nitrogen and oxygen atoms in total. The number of amides is 2. The number of fused-ring (bicyclic) bond motifs is 4. The maximum atomic E-state index is 15.4. The van der Waals surface area contributed by atoms with Crippen molar-refractivity contribution in [2.24, 2.45) is 5.92 Å². The van der Waals surface area contributed by atoms with Crippen molar-refractivity contribution >= 4 is 79.6 Å². The van der Waals surface area contributed by atoms with Crippen molar-refractivity contribution in [2.75, 3.05) is 112 Å². The van der Waals surface area contributed by atoms with Crippen LogP contribution in [0.1, 0.15) is 48.2 Å². The van der Waals surface area contributed by atoms with Gasteiger partial charge in [0, 0.05) is 97.7 Å². The van der Waals surface area contributed by atoms with Gasteiger partial charge in [-0.3, -0.25) is 9.59 Å². The van der Waals surface area contributed by atoms with Gasteiger partial charge in [0.15, 0.2) is 11.7 Å². The molecular weight excluding hydrogens is 1100 g/mol. The molecule has 432 valence electrons. The first kappa shape index (κ1) is 56.1. The minimum atomic E-state index is -1.22. The lowest BCUT2D eigenvalue weighted by atomic mass is 9.86. The highest BCUT2D eigenvalue weighted by Gasteiger charge is 2.47. The third-order valence-electron chi connectivity index (χ3n) is 17.9. The first-order chi connectivity index (χ1) is 40.2. The normalized spacial score (nSPS) is 21.4. The lowest BCUT2D eigenvalue weighted by Gasteiger charge is -2.49. The van der Waals surface area contributed by atoms with Crippen molar-refractivity contribution < 1.29 is 27.8 Å². The Hall–Kier alpha value is -7.37. The van der Waals surface area contributed by atoms with Crippen LogP contribution in [0.5, 0.6) is 12.0 Å². The van der Waals surface area contributed by atoms with Gasteiger partial charge in [-0.15, -0.1) is 0 Å². The number of likely N-dealkylation sites (N-methyl/N-ethyl adjacent to an activating group) is 2. The second kappa shape index (κ2) is 23.7. The molecule has 12 rings (SSSR count). The van der Waals surface area contributed by atoms with E-state index >= 15 is 8.78 Å². The molecule has 6 aliphatic rings. The van der Waals surface area contributed by atoms with Crippen LogP contribution in [0, 0.1) is 17.2 Å². The predicted molar refractivity (Wildman–Crippen MR) is 319 cm³/mol. The van der Waals surface area contributed by atoms with Crippen LogP contribution in [0.15, 0.2) is 97.6 Å². The number of hydrogen-bond acceptors (Lipinski definition) is 15. The standard InChI is InChI=1S/C62H67Cl2F2N13O4/c1-38(65)59(80)78-29-27-76(57-44-21-25-74(51-19-7-13-40-11-5-17-47(63)55(40)51)32-49(44)68-61(70-57)82-36-42-15-9-23-72(42)3)34-53(78)46(31-67)54-35-77(28-30-79(54)60(81)39(2)66)58-45-22-26-75(52-20-8-14-41-12-6-18-48(64)56(41)52)33-50(45)69-62(71-58)83-37-43-16-10-24-73(43)4/h5-8,11-14,17-20,42-43,46,53-54H,1-2,9-10,15-16,21-30,32-37H2,3-4H3/t42-,43-,53+,54+/m0/s1. The van der Waals surface area contributed by atoms with Crippen LogP contribution in [0.25, 0.3) is 21.5 Å². The average molecular weight is 1170 g/mol. The molecule has 0 saturated carbocycles. The Bertz CT molecular complexity index is 3340. The fourth-order valence-corrected chi connectivity index (χ4v) is 14.1. The van der Waals surface area contributed by atoms with E-state index in [0.717, 1.165) is 94.2 Å². The Morgan fingerprint density at radius 2 is 1.04 bits per heavy atom. The smallest absolute Gasteiger partial charge is 0.318 e. The number of anilines is 4. The van der Waals surface area contributed by atoms with E-state index in [1.165, 1.54) is 9.80 Å². The topological polar surface area (TPSA) is 154 Å². The number of piperazine rings is 2. The van der Waals surface area contributed by atoms with Gasteiger partial charge in [0.25, 0.3) is 11.8 Å². The second-order valence-electron chi connectivity index (χ2n) is 22.7. The zero-order chi connectivity index (χ0) is 57.6. The molecule has 4 aromatic carbocycles. The average Bonchev–Trinajstić information content (AvgIpc) is 4.26. The number of likely N-dealkylation sites (tertiary alicyclic amines) is 2. The van der Waals surface area contributed by atoms with Gasteiger partial charge in [0.05, 0.1) is 58.6 Å². The lowest BCUT2D eigenvalue weighted by Crippen LogP contribution is -2.65. The number of benzene rings is 4. The number of nitriles is 1. The summed E-state index contributed by atoms with van der Waals surface area (Å²) in [6.07, 6.45) is 5.11. The van der Waals surface area contributed by atoms with Crippen LogP contribution in [0.4, 0.5) is 31.8 Å². The number of hydrogen-bond donors (Lipinski definition) is 0. The van der Waals surface area contributed by atoms with Crippen LogP contribution < -0.4 is 29.1 Å². The number of rotatable bonds is 14. The summed E-state index contributed by atoms with van der Waals surface area (Å²) in [6.45, 7) is 11.8. The number of carbonyl (C=O) groups is 2. The van der Waals surface area contributed by atoms with Gasteiger partial charge in [0.2, 0.25) is 0 Å². The molecule has 0 unspecified atom stereocenters. The van der Waals surface area contributed by atoms with Crippen LogP contribution in [-0.4, -0.2) is 168 Å². The quantitative estimate of drug-likeness (QED) is 0.0954. The maximum absolute atomic E-state index is 15.4. The molecule has 0 N–H and O–H groups in total. The molecule has 6 aromatic rings. The number of aromatic nitrogens is 4. The zero-order valence-corrected chi connectivity index (χ0v) is 48.3. The van der Waals surface area contributed by atoms with E-state index in [4.69, 9.17) is 52.6 Å². The molecular formula is C62H67Cl2F2N13O4. The van der Waals surface area contributed by atoms with Gasteiger partial charge in [-0.1, -0.05) is 84.9 Å². The van der Waals surface area contributed by atoms with Gasteiger partial charge in [-0.05, 0) is 101 Å². The fraction of sp³-hybridized carbons (Fsp3) is 0.435. The molecule has 21 heteroatoms. The third kappa shape index (κ3) is 11.1. The number of halogens is 4. The Morgan fingerprint density at radius 1 is 0.614 bits per heavy atom. The van der Waals surface area contributed by atoms with Crippen molar-refractivity contribution in [2.45, 2.75) is 75.8 Å². The Labute approximate surface area is 492 Å². The molecule has 0 spiro atoms. The molecule has 8 heterocycles. The minimum absolute atomic E-state index is 0.00618. The molecule has 0 bridgehead atoms. The summed E-state index contributed by atoms with van der Waals surface area (Å²) >= 11 is 13.8. The summed E-state index contributed by atoms with van der Waals surface area (Å²) in [5, 5.41) is 16.8. The Morgan fingerprint density at radius 3 is 1.42 bits per heavy atom. The van der Waals surface area contributed by atoms with Crippen LogP contribution >= 0.6 is 23.2 Å². The second-order valence-corrected chi connectivity index (χ2v) is 23.6. The van der Waals surface area contributed by atoms with E-state index in [1.54, 1.807) is 0 Å². The monoisotopic (exact) mass is 1170 g/mol. The first-order valence-corrected chi connectivity index (χ1v) is 29.5. The van der Waals surface area contributed by atoms with Crippen molar-refractivity contribution in [3.05, 3.63) is 130 Å². The number of nitrogens with zero attached hydrogens (tertiary/aromatic N) is 13. The van der Waals surface area contributed by atoms with Crippen molar-refractivity contribution in [3.8, 4) is 18.1 Å². The number of carbonyl (C=O) groups excluding carboxylic acids is 2. The molecule has 4 fully saturated rings. The maximum Gasteiger partial charge on any atom is 0.318 e. The van der Waals surface area contributed by atoms with E-state index < -0.39 is 41.5 Å². The number of ether oxygens (including phenoxy) is 2. The van der Waals surface area contributed by atoms with Gasteiger partial charge < -0.3 is 48.7 Å². The summed E-state index contributed by atoms with van der Waals surface area (Å²) in [5.74, 6) is -4.42. The van der Waals surface area contributed by atoms with E-state index in [0.29, 0.717) is 73.9 Å². The summed E-state index contributed by atoms with van der Waals surface area (Å²) in [4.78, 5) is 64.4. The summed E-state index contributed by atoms with van der Waals surface area (Å²) < 4.78 is 43.8. The fourth-order valence-electron chi connectivity index (χ4n) is 13.5. The molecule has 2 amide bonds. The van der Waals surface area contributed by atoms with Gasteiger partial charge in [0.1, 0.15) is 24.8 Å². The van der Waals surface area contributed by atoms with Crippen molar-refractivity contribution in [3.63, 3.8) is 0 Å². The van der Waals surface area contributed by atoms with Crippen LogP contribution in [0.2, 0.25) is 10.0 Å². The van der Waals surface area contributed by atoms with E-state index in [-0.39, 0.29) is 63.4 Å². The highest BCUT2D eigenvalue weighted by atomic mass is 35.5. The van der Waals surface area contributed by atoms with Crippen molar-refractivity contribution in [1.29, 1.82) is 5.26 Å². The highest BCUT2D eigenvalue weighted by molar-refractivity contribution is 6.37. The lowest BCUT2D eigenvalue weighted by molar-refractivity contribution is -0.135. The van der Waals surface area contributed by atoms with Gasteiger partial charge in [-0.25, -0.2) is 8.78 Å². The summed E-state index contributed by atoms with van der Waals surface area (Å²) in [7, 11) is 4.16. The Kier molecular flexibility index (Phi) is 16.0. The highest BCUT2D eigenvalue weighted by Crippen LogP contribution is 2.41. The molecule has 6 aliphatic heterocycles. The summed E-state index contributed by atoms with van der Waals surface area (Å²) in [6, 6.07) is 25.1. The van der Waals surface area contributed by atoms with E-state index in [1.807, 2.05) is 70.5 Å². The molecule has 4 saturated heterocycles. The molecule has 83 heavy (non-hydrogen) atoms. The first-order valence-electron chi connectivity index (χ1n) is 28.7.